The minimum absolute atomic E-state index is 0.0802. The number of hydrogen-bond acceptors (Lipinski definition) is 3. The predicted molar refractivity (Wildman–Crippen MR) is 63.5 cm³/mol. The topological polar surface area (TPSA) is 47.6 Å². The minimum Gasteiger partial charge on any atom is -0.463 e. The molecule has 1 atom stereocenters. The van der Waals surface area contributed by atoms with Crippen molar-refractivity contribution >= 4 is 6.02 Å². The van der Waals surface area contributed by atoms with Gasteiger partial charge in [0.05, 0.1) is 0 Å². The summed E-state index contributed by atoms with van der Waals surface area (Å²) < 4.78 is 5.33. The fourth-order valence-electron chi connectivity index (χ4n) is 2.76. The summed E-state index contributed by atoms with van der Waals surface area (Å²) in [6.45, 7) is 2.81. The molecular weight excluding hydrogens is 200 g/mol. The molecule has 1 heterocycles. The molecule has 0 saturated heterocycles. The van der Waals surface area contributed by atoms with Crippen LogP contribution in [0.4, 0.5) is 0 Å². The molecule has 3 nitrogen and oxygen atoms in total. The average molecular weight is 216 g/mol. The minimum atomic E-state index is -0.0802. The third-order valence-corrected chi connectivity index (χ3v) is 3.71. The predicted octanol–water partition coefficient (Wildman–Crippen LogP) is 1.57. The summed E-state index contributed by atoms with van der Waals surface area (Å²) in [6, 6.07) is 6.88. The molecule has 1 aromatic rings. The van der Waals surface area contributed by atoms with E-state index in [0.29, 0.717) is 12.6 Å². The van der Waals surface area contributed by atoms with E-state index in [1.165, 1.54) is 16.7 Å². The lowest BCUT2D eigenvalue weighted by atomic mass is 9.77. The first kappa shape index (κ1) is 9.70. The van der Waals surface area contributed by atoms with Crippen molar-refractivity contribution in [3.05, 3.63) is 34.9 Å². The molecule has 84 valence electrons. The van der Waals surface area contributed by atoms with Crippen molar-refractivity contribution in [2.24, 2.45) is 10.7 Å². The van der Waals surface area contributed by atoms with Gasteiger partial charge in [-0.05, 0) is 36.5 Å². The van der Waals surface area contributed by atoms with E-state index in [0.717, 1.165) is 19.3 Å². The van der Waals surface area contributed by atoms with Gasteiger partial charge in [0, 0.05) is 6.42 Å². The molecule has 1 unspecified atom stereocenters. The number of nitrogens with zero attached hydrogens (tertiary/aromatic N) is 1. The number of benzene rings is 1. The van der Waals surface area contributed by atoms with Crippen LogP contribution in [0.15, 0.2) is 23.2 Å². The molecular formula is C13H16N2O. The summed E-state index contributed by atoms with van der Waals surface area (Å²) in [5, 5.41) is 0. The molecule has 0 amide bonds. The molecule has 0 radical (unpaired) electrons. The Kier molecular flexibility index (Phi) is 1.96. The Morgan fingerprint density at radius 3 is 3.06 bits per heavy atom. The zero-order chi connectivity index (χ0) is 11.2. The molecule has 1 aromatic carbocycles. The Morgan fingerprint density at radius 2 is 2.31 bits per heavy atom. The van der Waals surface area contributed by atoms with Crippen LogP contribution in [0.3, 0.4) is 0 Å². The smallest absolute Gasteiger partial charge is 0.282 e. The van der Waals surface area contributed by atoms with Crippen LogP contribution in [0.2, 0.25) is 0 Å². The van der Waals surface area contributed by atoms with Crippen molar-refractivity contribution < 1.29 is 4.74 Å². The fraction of sp³-hybridized carbons (Fsp3) is 0.462. The van der Waals surface area contributed by atoms with E-state index in [1.807, 2.05) is 0 Å². The number of rotatable bonds is 0. The van der Waals surface area contributed by atoms with Gasteiger partial charge in [-0.2, -0.15) is 0 Å². The molecule has 3 rings (SSSR count). The monoisotopic (exact) mass is 216 g/mol. The Labute approximate surface area is 95.3 Å². The Balaban J connectivity index is 2.00. The quantitative estimate of drug-likeness (QED) is 0.715. The summed E-state index contributed by atoms with van der Waals surface area (Å²) in [7, 11) is 0. The first-order chi connectivity index (χ1) is 7.69. The second kappa shape index (κ2) is 3.24. The maximum absolute atomic E-state index is 5.63. The van der Waals surface area contributed by atoms with E-state index in [4.69, 9.17) is 10.5 Å². The average Bonchev–Trinajstić information content (AvgIpc) is 2.62. The molecule has 0 fully saturated rings. The largest absolute Gasteiger partial charge is 0.463 e. The fourth-order valence-corrected chi connectivity index (χ4v) is 2.76. The van der Waals surface area contributed by atoms with Gasteiger partial charge in [0.25, 0.3) is 6.02 Å². The highest BCUT2D eigenvalue weighted by Crippen LogP contribution is 2.35. The number of ether oxygens (including phenoxy) is 1. The van der Waals surface area contributed by atoms with Gasteiger partial charge in [0.1, 0.15) is 12.1 Å². The van der Waals surface area contributed by atoms with E-state index >= 15 is 0 Å². The SMILES string of the molecule is Cc1cccc2c1CC1(CC2)COC(N)=N1. The number of hydrogen-bond donors (Lipinski definition) is 1. The van der Waals surface area contributed by atoms with Gasteiger partial charge in [-0.3, -0.25) is 0 Å². The van der Waals surface area contributed by atoms with Crippen molar-refractivity contribution in [2.45, 2.75) is 31.7 Å². The molecule has 2 N–H and O–H groups in total. The Hall–Kier alpha value is -1.51. The number of amidine groups is 1. The number of fused-ring (bicyclic) bond motifs is 1. The van der Waals surface area contributed by atoms with Gasteiger partial charge < -0.3 is 10.5 Å². The molecule has 1 aliphatic carbocycles. The number of aryl methyl sites for hydroxylation is 2. The highest BCUT2D eigenvalue weighted by molar-refractivity contribution is 5.74. The van der Waals surface area contributed by atoms with Crippen molar-refractivity contribution in [3.8, 4) is 0 Å². The molecule has 0 aromatic heterocycles. The van der Waals surface area contributed by atoms with Crippen molar-refractivity contribution in [1.29, 1.82) is 0 Å². The first-order valence-electron chi connectivity index (χ1n) is 5.74. The molecule has 3 heteroatoms. The van der Waals surface area contributed by atoms with Crippen LogP contribution >= 0.6 is 0 Å². The molecule has 2 aliphatic rings. The highest BCUT2D eigenvalue weighted by atomic mass is 16.5. The third-order valence-electron chi connectivity index (χ3n) is 3.71. The van der Waals surface area contributed by atoms with Crippen molar-refractivity contribution in [2.75, 3.05) is 6.61 Å². The molecule has 16 heavy (non-hydrogen) atoms. The van der Waals surface area contributed by atoms with Gasteiger partial charge in [-0.1, -0.05) is 18.2 Å². The second-order valence-electron chi connectivity index (χ2n) is 4.85. The van der Waals surface area contributed by atoms with Crippen LogP contribution in [0.25, 0.3) is 0 Å². The number of aliphatic imine (C=N–C) groups is 1. The van der Waals surface area contributed by atoms with E-state index in [9.17, 15) is 0 Å². The summed E-state index contributed by atoms with van der Waals surface area (Å²) >= 11 is 0. The normalized spacial score (nSPS) is 27.4. The lowest BCUT2D eigenvalue weighted by Gasteiger charge is -2.31. The lowest BCUT2D eigenvalue weighted by Crippen LogP contribution is -2.35. The summed E-state index contributed by atoms with van der Waals surface area (Å²) in [5.74, 6) is 0. The lowest BCUT2D eigenvalue weighted by molar-refractivity contribution is 0.234. The zero-order valence-electron chi connectivity index (χ0n) is 9.49. The molecule has 1 aliphatic heterocycles. The van der Waals surface area contributed by atoms with Crippen LogP contribution in [0, 0.1) is 6.92 Å². The summed E-state index contributed by atoms with van der Waals surface area (Å²) in [4.78, 5) is 4.49. The van der Waals surface area contributed by atoms with E-state index in [-0.39, 0.29) is 5.54 Å². The maximum atomic E-state index is 5.63. The van der Waals surface area contributed by atoms with Gasteiger partial charge in [-0.15, -0.1) is 0 Å². The van der Waals surface area contributed by atoms with Crippen molar-refractivity contribution in [3.63, 3.8) is 0 Å². The van der Waals surface area contributed by atoms with Crippen LogP contribution in [-0.2, 0) is 17.6 Å². The van der Waals surface area contributed by atoms with Crippen LogP contribution in [-0.4, -0.2) is 18.2 Å². The van der Waals surface area contributed by atoms with E-state index < -0.39 is 0 Å². The maximum Gasteiger partial charge on any atom is 0.282 e. The number of nitrogens with two attached hydrogens (primary N) is 1. The highest BCUT2D eigenvalue weighted by Gasteiger charge is 2.39. The van der Waals surface area contributed by atoms with Crippen LogP contribution < -0.4 is 5.73 Å². The standard InChI is InChI=1S/C13H16N2O/c1-9-3-2-4-10-5-6-13(7-11(9)10)8-16-12(14)15-13/h2-4H,5-8H2,1H3,(H2,14,15). The van der Waals surface area contributed by atoms with Gasteiger partial charge in [0.2, 0.25) is 0 Å². The zero-order valence-corrected chi connectivity index (χ0v) is 9.49. The summed E-state index contributed by atoms with van der Waals surface area (Å²) in [5.41, 5.74) is 9.81. The molecule has 0 bridgehead atoms. The Bertz CT molecular complexity index is 467. The van der Waals surface area contributed by atoms with Gasteiger partial charge in [0.15, 0.2) is 0 Å². The second-order valence-corrected chi connectivity index (χ2v) is 4.85. The third kappa shape index (κ3) is 1.39. The molecule has 0 saturated carbocycles. The van der Waals surface area contributed by atoms with Gasteiger partial charge >= 0.3 is 0 Å². The van der Waals surface area contributed by atoms with Crippen LogP contribution in [0.1, 0.15) is 23.1 Å². The van der Waals surface area contributed by atoms with E-state index in [2.05, 4.69) is 30.1 Å². The van der Waals surface area contributed by atoms with E-state index in [1.54, 1.807) is 0 Å². The van der Waals surface area contributed by atoms with Crippen LogP contribution in [0.5, 0.6) is 0 Å². The van der Waals surface area contributed by atoms with Crippen molar-refractivity contribution in [1.82, 2.24) is 0 Å². The Morgan fingerprint density at radius 1 is 1.44 bits per heavy atom. The van der Waals surface area contributed by atoms with Gasteiger partial charge in [-0.25, -0.2) is 4.99 Å². The first-order valence-corrected chi connectivity index (χ1v) is 5.74. The summed E-state index contributed by atoms with van der Waals surface area (Å²) in [6.07, 6.45) is 3.09. The molecule has 1 spiro atoms.